The highest BCUT2D eigenvalue weighted by molar-refractivity contribution is 7.17. The van der Waals surface area contributed by atoms with Crippen LogP contribution in [-0.2, 0) is 0 Å². The molecule has 0 atom stereocenters. The predicted octanol–water partition coefficient (Wildman–Crippen LogP) is 0.738. The second-order valence-corrected chi connectivity index (χ2v) is 3.11. The Balaban J connectivity index is 3.15. The van der Waals surface area contributed by atoms with Crippen molar-refractivity contribution in [2.45, 2.75) is 6.92 Å². The van der Waals surface area contributed by atoms with Crippen LogP contribution < -0.4 is 11.5 Å². The van der Waals surface area contributed by atoms with Crippen LogP contribution in [0.1, 0.15) is 15.2 Å². The van der Waals surface area contributed by atoms with Crippen LogP contribution in [0.5, 0.6) is 0 Å². The quantitative estimate of drug-likeness (QED) is 0.629. The summed E-state index contributed by atoms with van der Waals surface area (Å²) in [4.78, 5) is 11.2. The van der Waals surface area contributed by atoms with E-state index in [-0.39, 0.29) is 0 Å². The van der Waals surface area contributed by atoms with Crippen molar-refractivity contribution >= 4 is 22.2 Å². The highest BCUT2D eigenvalue weighted by Gasteiger charge is 2.07. The number of hydrogen-bond donors (Lipinski definition) is 2. The molecule has 1 heterocycles. The van der Waals surface area contributed by atoms with Gasteiger partial charge in [-0.2, -0.15) is 0 Å². The first-order valence-electron chi connectivity index (χ1n) is 2.77. The first-order valence-corrected chi connectivity index (χ1v) is 3.58. The molecule has 0 aliphatic carbocycles. The molecule has 0 aliphatic heterocycles. The minimum atomic E-state index is -0.404. The maximum absolute atomic E-state index is 10.6. The summed E-state index contributed by atoms with van der Waals surface area (Å²) < 4.78 is 0. The van der Waals surface area contributed by atoms with Crippen molar-refractivity contribution in [3.63, 3.8) is 0 Å². The summed E-state index contributed by atoms with van der Waals surface area (Å²) in [5.41, 5.74) is 11.3. The lowest BCUT2D eigenvalue weighted by atomic mass is 10.3. The van der Waals surface area contributed by atoms with Crippen LogP contribution in [0.4, 0.5) is 5.00 Å². The van der Waals surface area contributed by atoms with Crippen LogP contribution in [0.15, 0.2) is 6.07 Å². The Hall–Kier alpha value is -1.03. The van der Waals surface area contributed by atoms with Crippen molar-refractivity contribution < 1.29 is 4.79 Å². The topological polar surface area (TPSA) is 69.1 Å². The number of anilines is 1. The molecule has 0 spiro atoms. The Bertz CT molecular complexity index is 267. The third-order valence-corrected chi connectivity index (χ3v) is 2.24. The van der Waals surface area contributed by atoms with Gasteiger partial charge >= 0.3 is 0 Å². The number of carbonyl (C=O) groups excluding carboxylic acids is 1. The summed E-state index contributed by atoms with van der Waals surface area (Å²) in [6, 6.07) is 1.74. The van der Waals surface area contributed by atoms with Gasteiger partial charge in [0.05, 0.1) is 9.88 Å². The Labute approximate surface area is 62.6 Å². The highest BCUT2D eigenvalue weighted by Crippen LogP contribution is 2.22. The Morgan fingerprint density at radius 2 is 2.30 bits per heavy atom. The number of nitrogens with two attached hydrogens (primary N) is 2. The SMILES string of the molecule is Cc1cc(N)sc1C(N)=O. The molecule has 1 rings (SSSR count). The number of hydrogen-bond acceptors (Lipinski definition) is 3. The lowest BCUT2D eigenvalue weighted by molar-refractivity contribution is 0.100. The van der Waals surface area contributed by atoms with Gasteiger partial charge in [-0.1, -0.05) is 0 Å². The number of rotatable bonds is 1. The number of aryl methyl sites for hydroxylation is 1. The first-order chi connectivity index (χ1) is 4.61. The molecule has 1 aromatic rings. The molecule has 0 saturated heterocycles. The van der Waals surface area contributed by atoms with Crippen LogP contribution in [0.2, 0.25) is 0 Å². The molecule has 54 valence electrons. The fourth-order valence-corrected chi connectivity index (χ4v) is 1.54. The van der Waals surface area contributed by atoms with Crippen LogP contribution in [-0.4, -0.2) is 5.91 Å². The molecule has 0 fully saturated rings. The zero-order valence-corrected chi connectivity index (χ0v) is 6.37. The number of thiophene rings is 1. The minimum Gasteiger partial charge on any atom is -0.391 e. The van der Waals surface area contributed by atoms with Crippen LogP contribution in [0.3, 0.4) is 0 Å². The van der Waals surface area contributed by atoms with Crippen molar-refractivity contribution in [3.05, 3.63) is 16.5 Å². The van der Waals surface area contributed by atoms with Crippen LogP contribution >= 0.6 is 11.3 Å². The second-order valence-electron chi connectivity index (χ2n) is 2.03. The van der Waals surface area contributed by atoms with Crippen molar-refractivity contribution in [2.24, 2.45) is 5.73 Å². The lowest BCUT2D eigenvalue weighted by Crippen LogP contribution is -2.09. The van der Waals surface area contributed by atoms with E-state index in [1.54, 1.807) is 6.07 Å². The number of primary amides is 1. The molecular weight excluding hydrogens is 148 g/mol. The normalized spacial score (nSPS) is 9.70. The van der Waals surface area contributed by atoms with Gasteiger partial charge < -0.3 is 11.5 Å². The van der Waals surface area contributed by atoms with E-state index in [0.29, 0.717) is 9.88 Å². The maximum Gasteiger partial charge on any atom is 0.259 e. The summed E-state index contributed by atoms with van der Waals surface area (Å²) in [6.45, 7) is 1.81. The maximum atomic E-state index is 10.6. The first kappa shape index (κ1) is 7.08. The van der Waals surface area contributed by atoms with Gasteiger partial charge in [0.15, 0.2) is 0 Å². The second kappa shape index (κ2) is 2.30. The largest absolute Gasteiger partial charge is 0.391 e. The van der Waals surface area contributed by atoms with Gasteiger partial charge in [-0.25, -0.2) is 0 Å². The molecule has 4 heteroatoms. The van der Waals surface area contributed by atoms with Crippen molar-refractivity contribution in [1.82, 2.24) is 0 Å². The minimum absolute atomic E-state index is 0.404. The third kappa shape index (κ3) is 1.11. The number of carbonyl (C=O) groups is 1. The van der Waals surface area contributed by atoms with E-state index in [0.717, 1.165) is 5.56 Å². The summed E-state index contributed by atoms with van der Waals surface area (Å²) in [7, 11) is 0. The fraction of sp³-hybridized carbons (Fsp3) is 0.167. The molecular formula is C6H8N2OS. The molecule has 10 heavy (non-hydrogen) atoms. The van der Waals surface area contributed by atoms with Crippen LogP contribution in [0.25, 0.3) is 0 Å². The molecule has 0 aromatic carbocycles. The molecule has 0 radical (unpaired) electrons. The third-order valence-electron chi connectivity index (χ3n) is 1.16. The van der Waals surface area contributed by atoms with Gasteiger partial charge in [0.1, 0.15) is 0 Å². The molecule has 0 unspecified atom stereocenters. The Morgan fingerprint density at radius 3 is 2.50 bits per heavy atom. The molecule has 0 aliphatic rings. The highest BCUT2D eigenvalue weighted by atomic mass is 32.1. The van der Waals surface area contributed by atoms with E-state index in [2.05, 4.69) is 0 Å². The number of nitrogen functional groups attached to an aromatic ring is 1. The molecule has 0 saturated carbocycles. The molecule has 1 aromatic heterocycles. The van der Waals surface area contributed by atoms with Gasteiger partial charge in [0.2, 0.25) is 0 Å². The average Bonchev–Trinajstić information content (AvgIpc) is 2.10. The zero-order chi connectivity index (χ0) is 7.72. The van der Waals surface area contributed by atoms with Gasteiger partial charge in [0, 0.05) is 0 Å². The molecule has 0 bridgehead atoms. The Kier molecular flexibility index (Phi) is 1.63. The van der Waals surface area contributed by atoms with Crippen molar-refractivity contribution in [1.29, 1.82) is 0 Å². The van der Waals surface area contributed by atoms with E-state index in [4.69, 9.17) is 11.5 Å². The zero-order valence-electron chi connectivity index (χ0n) is 5.55. The summed E-state index contributed by atoms with van der Waals surface area (Å²) in [5.74, 6) is -0.404. The van der Waals surface area contributed by atoms with Crippen molar-refractivity contribution in [3.8, 4) is 0 Å². The average molecular weight is 156 g/mol. The van der Waals surface area contributed by atoms with Gasteiger partial charge in [0.25, 0.3) is 5.91 Å². The molecule has 3 nitrogen and oxygen atoms in total. The summed E-state index contributed by atoms with van der Waals surface area (Å²) >= 11 is 1.23. The van der Waals surface area contributed by atoms with E-state index in [1.807, 2.05) is 6.92 Å². The fourth-order valence-electron chi connectivity index (χ4n) is 0.751. The van der Waals surface area contributed by atoms with E-state index >= 15 is 0 Å². The van der Waals surface area contributed by atoms with Crippen LogP contribution in [0, 0.1) is 6.92 Å². The lowest BCUT2D eigenvalue weighted by Gasteiger charge is -1.87. The van der Waals surface area contributed by atoms with E-state index < -0.39 is 5.91 Å². The standard InChI is InChI=1S/C6H8N2OS/c1-3-2-4(7)10-5(3)6(8)9/h2H,7H2,1H3,(H2,8,9). The van der Waals surface area contributed by atoms with Crippen molar-refractivity contribution in [2.75, 3.05) is 5.73 Å². The van der Waals surface area contributed by atoms with Gasteiger partial charge in [-0.3, -0.25) is 4.79 Å². The smallest absolute Gasteiger partial charge is 0.259 e. The Morgan fingerprint density at radius 1 is 1.70 bits per heavy atom. The van der Waals surface area contributed by atoms with E-state index in [9.17, 15) is 4.79 Å². The molecule has 4 N–H and O–H groups in total. The number of amides is 1. The predicted molar refractivity (Wildman–Crippen MR) is 42.0 cm³/mol. The summed E-state index contributed by atoms with van der Waals surface area (Å²) in [5, 5.41) is 0.631. The van der Waals surface area contributed by atoms with Gasteiger partial charge in [-0.05, 0) is 18.6 Å². The van der Waals surface area contributed by atoms with Gasteiger partial charge in [-0.15, -0.1) is 11.3 Å². The molecule has 1 amide bonds. The summed E-state index contributed by atoms with van der Waals surface area (Å²) in [6.07, 6.45) is 0. The monoisotopic (exact) mass is 156 g/mol. The van der Waals surface area contributed by atoms with E-state index in [1.165, 1.54) is 11.3 Å².